The molecule has 10 N–H and O–H groups in total. The average molecular weight is 830 g/mol. The second kappa shape index (κ2) is 22.1. The lowest BCUT2D eigenvalue weighted by Gasteiger charge is -2.28. The number of aromatic nitrogens is 1. The second-order valence-electron chi connectivity index (χ2n) is 14.3. The zero-order valence-electron chi connectivity index (χ0n) is 32.7. The molecule has 314 valence electrons. The molecule has 59 heavy (non-hydrogen) atoms. The van der Waals surface area contributed by atoms with E-state index in [0.717, 1.165) is 16.5 Å². The Morgan fingerprint density at radius 3 is 1.66 bits per heavy atom. The van der Waals surface area contributed by atoms with Crippen LogP contribution in [0.2, 0.25) is 0 Å². The number of rotatable bonds is 22. The van der Waals surface area contributed by atoms with Gasteiger partial charge in [0.1, 0.15) is 30.2 Å². The molecular weight excluding hydrogens is 779 g/mol. The second-order valence-corrected chi connectivity index (χ2v) is 14.6. The van der Waals surface area contributed by atoms with Crippen LogP contribution in [0, 0.1) is 5.92 Å². The highest BCUT2D eigenvalue weighted by molar-refractivity contribution is 7.80. The van der Waals surface area contributed by atoms with Crippen LogP contribution in [0.5, 0.6) is 0 Å². The Labute approximate surface area is 346 Å². The summed E-state index contributed by atoms with van der Waals surface area (Å²) in [6.45, 7) is 3.59. The van der Waals surface area contributed by atoms with Crippen LogP contribution >= 0.6 is 12.6 Å². The van der Waals surface area contributed by atoms with Crippen LogP contribution in [0.1, 0.15) is 43.4 Å². The Hall–Kier alpha value is -6.20. The topological polar surface area (TPSA) is 262 Å². The van der Waals surface area contributed by atoms with Crippen LogP contribution < -0.4 is 32.3 Å². The smallest absolute Gasteiger partial charge is 0.327 e. The van der Waals surface area contributed by atoms with Crippen LogP contribution in [0.25, 0.3) is 10.9 Å². The molecule has 0 aliphatic heterocycles. The number of carboxylic acids is 2. The number of hydrogen-bond acceptors (Lipinski definition) is 9. The fourth-order valence-corrected chi connectivity index (χ4v) is 6.61. The van der Waals surface area contributed by atoms with Crippen LogP contribution in [0.3, 0.4) is 0 Å². The predicted octanol–water partition coefficient (Wildman–Crippen LogP) is 1.48. The molecule has 17 heteroatoms. The van der Waals surface area contributed by atoms with Gasteiger partial charge in [-0.05, 0) is 35.1 Å². The fourth-order valence-electron chi connectivity index (χ4n) is 6.36. The quantitative estimate of drug-likeness (QED) is 0.0511. The van der Waals surface area contributed by atoms with E-state index in [1.165, 1.54) is 0 Å². The van der Waals surface area contributed by atoms with Crippen molar-refractivity contribution >= 4 is 65.0 Å². The van der Waals surface area contributed by atoms with E-state index in [4.69, 9.17) is 5.73 Å². The zero-order chi connectivity index (χ0) is 43.1. The van der Waals surface area contributed by atoms with E-state index in [9.17, 15) is 43.8 Å². The summed E-state index contributed by atoms with van der Waals surface area (Å²) in [5, 5.41) is 32.9. The van der Waals surface area contributed by atoms with Crippen molar-refractivity contribution in [1.29, 1.82) is 0 Å². The molecule has 3 aromatic carbocycles. The maximum Gasteiger partial charge on any atom is 0.327 e. The number of fused-ring (bicyclic) bond motifs is 1. The molecule has 16 nitrogen and oxygen atoms in total. The first kappa shape index (κ1) is 45.5. The van der Waals surface area contributed by atoms with E-state index in [1.807, 2.05) is 31.2 Å². The number of hydrogen-bond donors (Lipinski definition) is 10. The van der Waals surface area contributed by atoms with Gasteiger partial charge in [0.15, 0.2) is 0 Å². The number of para-hydroxylation sites is 1. The third kappa shape index (κ3) is 13.4. The molecule has 0 fully saturated rings. The number of H-pyrrole nitrogens is 1. The Bertz CT molecular complexity index is 2080. The van der Waals surface area contributed by atoms with Crippen molar-refractivity contribution in [2.75, 3.05) is 5.75 Å². The van der Waals surface area contributed by atoms with Gasteiger partial charge in [-0.1, -0.05) is 99.1 Å². The number of benzene rings is 3. The minimum Gasteiger partial charge on any atom is -0.481 e. The van der Waals surface area contributed by atoms with Crippen molar-refractivity contribution in [3.05, 3.63) is 108 Å². The lowest BCUT2D eigenvalue weighted by molar-refractivity contribution is -0.143. The number of aliphatic carboxylic acids is 2. The van der Waals surface area contributed by atoms with Crippen LogP contribution in [-0.4, -0.2) is 98.7 Å². The largest absolute Gasteiger partial charge is 0.481 e. The van der Waals surface area contributed by atoms with E-state index in [1.54, 1.807) is 73.8 Å². The van der Waals surface area contributed by atoms with Gasteiger partial charge in [-0.3, -0.25) is 28.8 Å². The van der Waals surface area contributed by atoms with E-state index in [2.05, 4.69) is 44.2 Å². The summed E-state index contributed by atoms with van der Waals surface area (Å²) in [4.78, 5) is 95.5. The number of amides is 5. The van der Waals surface area contributed by atoms with Gasteiger partial charge >= 0.3 is 11.9 Å². The molecule has 7 atom stereocenters. The first-order valence-corrected chi connectivity index (χ1v) is 19.8. The number of thiol groups is 1. The SMILES string of the molecule is CC[C@H](C)[C@H](NC(=O)[C@@H](N)Cc1c[nH]c2ccccc12)C(=O)N[C@@H](Cc1ccccc1)C(=O)N[C@@H](CC(=O)O)C(=O)N[C@@H](Cc1ccccc1)C(=O)N[C@@H](CS)C(=O)O. The highest BCUT2D eigenvalue weighted by Gasteiger charge is 2.35. The maximum absolute atomic E-state index is 14.1. The van der Waals surface area contributed by atoms with Gasteiger partial charge in [0.05, 0.1) is 12.5 Å². The summed E-state index contributed by atoms with van der Waals surface area (Å²) in [5.41, 5.74) is 9.26. The molecule has 4 rings (SSSR count). The number of nitrogens with two attached hydrogens (primary N) is 1. The van der Waals surface area contributed by atoms with Crippen molar-refractivity contribution in [2.45, 2.75) is 82.2 Å². The summed E-state index contributed by atoms with van der Waals surface area (Å²) in [7, 11) is 0. The van der Waals surface area contributed by atoms with Gasteiger partial charge in [-0.15, -0.1) is 0 Å². The summed E-state index contributed by atoms with van der Waals surface area (Å²) in [6, 6.07) is 16.7. The van der Waals surface area contributed by atoms with Crippen molar-refractivity contribution in [1.82, 2.24) is 31.6 Å². The van der Waals surface area contributed by atoms with Gasteiger partial charge in [0.25, 0.3) is 0 Å². The van der Waals surface area contributed by atoms with E-state index >= 15 is 0 Å². The van der Waals surface area contributed by atoms with Crippen LogP contribution in [-0.2, 0) is 52.8 Å². The van der Waals surface area contributed by atoms with Crippen molar-refractivity contribution < 1.29 is 43.8 Å². The van der Waals surface area contributed by atoms with Gasteiger partial charge in [-0.2, -0.15) is 12.6 Å². The van der Waals surface area contributed by atoms with Crippen molar-refractivity contribution in [3.8, 4) is 0 Å². The molecule has 0 saturated heterocycles. The number of carboxylic acid groups (broad SMARTS) is 2. The monoisotopic (exact) mass is 829 g/mol. The number of carbonyl (C=O) groups excluding carboxylic acids is 5. The lowest BCUT2D eigenvalue weighted by atomic mass is 9.96. The summed E-state index contributed by atoms with van der Waals surface area (Å²) in [6.07, 6.45) is 1.33. The molecule has 1 heterocycles. The molecule has 4 aromatic rings. The maximum atomic E-state index is 14.1. The molecule has 0 spiro atoms. The summed E-state index contributed by atoms with van der Waals surface area (Å²) < 4.78 is 0. The highest BCUT2D eigenvalue weighted by atomic mass is 32.1. The average Bonchev–Trinajstić information content (AvgIpc) is 3.63. The first-order valence-electron chi connectivity index (χ1n) is 19.2. The molecule has 0 aliphatic carbocycles. The molecular formula is C42H51N7O9S. The van der Waals surface area contributed by atoms with Crippen LogP contribution in [0.15, 0.2) is 91.1 Å². The number of aromatic amines is 1. The molecule has 0 bridgehead atoms. The molecule has 0 aliphatic rings. The number of nitrogens with one attached hydrogen (secondary N) is 6. The normalized spacial score (nSPS) is 14.6. The Kier molecular flexibility index (Phi) is 17.0. The fraction of sp³-hybridized carbons (Fsp3) is 0.357. The summed E-state index contributed by atoms with van der Waals surface area (Å²) in [5.74, 6) is -7.62. The third-order valence-corrected chi connectivity index (χ3v) is 10.3. The molecule has 0 unspecified atom stereocenters. The van der Waals surface area contributed by atoms with Crippen molar-refractivity contribution in [2.24, 2.45) is 11.7 Å². The van der Waals surface area contributed by atoms with Gasteiger partial charge < -0.3 is 47.5 Å². The predicted molar refractivity (Wildman–Crippen MR) is 223 cm³/mol. The minimum absolute atomic E-state index is 0.0829. The molecule has 0 radical (unpaired) electrons. The zero-order valence-corrected chi connectivity index (χ0v) is 33.6. The Morgan fingerprint density at radius 2 is 1.14 bits per heavy atom. The number of carbonyl (C=O) groups is 7. The Balaban J connectivity index is 1.55. The van der Waals surface area contributed by atoms with Gasteiger partial charge in [-0.25, -0.2) is 4.79 Å². The summed E-state index contributed by atoms with van der Waals surface area (Å²) >= 11 is 3.98. The van der Waals surface area contributed by atoms with Crippen molar-refractivity contribution in [3.63, 3.8) is 0 Å². The molecule has 0 saturated carbocycles. The minimum atomic E-state index is -1.74. The van der Waals surface area contributed by atoms with Gasteiger partial charge in [0.2, 0.25) is 29.5 Å². The van der Waals surface area contributed by atoms with E-state index in [0.29, 0.717) is 17.5 Å². The van der Waals surface area contributed by atoms with E-state index < -0.39 is 90.1 Å². The highest BCUT2D eigenvalue weighted by Crippen LogP contribution is 2.19. The van der Waals surface area contributed by atoms with Gasteiger partial charge in [0, 0.05) is 35.7 Å². The molecule has 5 amide bonds. The molecule has 1 aromatic heterocycles. The van der Waals surface area contributed by atoms with E-state index in [-0.39, 0.29) is 25.0 Å². The standard InChI is InChI=1S/C42H51N7O9S/c1-3-24(2)36(49-37(52)29(43)20-27-22-44-30-17-11-10-16-28(27)30)41(56)47-32(19-26-14-8-5-9-15-26)38(53)46-33(21-35(50)51)40(55)45-31(18-25-12-6-4-7-13-25)39(54)48-34(23-59)42(57)58/h4-17,22,24,29,31-34,36,44,59H,3,18-21,23,43H2,1-2H3,(H,45,55)(H,46,53)(H,47,56)(H,48,54)(H,49,52)(H,50,51)(H,57,58)/t24-,29-,31-,32-,33-,34-,36-/m0/s1. The van der Waals surface area contributed by atoms with Crippen LogP contribution in [0.4, 0.5) is 0 Å². The Morgan fingerprint density at radius 1 is 0.644 bits per heavy atom. The third-order valence-electron chi connectivity index (χ3n) is 9.88. The first-order chi connectivity index (χ1) is 28.2. The lowest BCUT2D eigenvalue weighted by Crippen LogP contribution is -2.61.